The zero-order chi connectivity index (χ0) is 19.7. The Morgan fingerprint density at radius 2 is 2.00 bits per heavy atom. The lowest BCUT2D eigenvalue weighted by Crippen LogP contribution is -2.21. The first-order valence-electron chi connectivity index (χ1n) is 6.72. The summed E-state index contributed by atoms with van der Waals surface area (Å²) in [6.07, 6.45) is -3.97. The first-order chi connectivity index (χ1) is 11.9. The maximum Gasteiger partial charge on any atom is 0.422 e. The second-order valence-corrected chi connectivity index (χ2v) is 7.34. The molecule has 1 aromatic carbocycles. The quantitative estimate of drug-likeness (QED) is 0.801. The average Bonchev–Trinajstić information content (AvgIpc) is 2.87. The van der Waals surface area contributed by atoms with Crippen molar-refractivity contribution in [3.63, 3.8) is 0 Å². The van der Waals surface area contributed by atoms with Crippen molar-refractivity contribution in [3.8, 4) is 5.75 Å². The second kappa shape index (κ2) is 7.11. The number of nitrogens with zero attached hydrogens (tertiary/aromatic N) is 2. The van der Waals surface area contributed by atoms with E-state index in [2.05, 4.69) is 20.3 Å². The van der Waals surface area contributed by atoms with E-state index in [1.165, 1.54) is 6.92 Å². The number of halogens is 4. The lowest BCUT2D eigenvalue weighted by molar-refractivity contribution is -0.153. The molecule has 13 heteroatoms. The molecule has 0 aliphatic rings. The number of aromatic nitrogens is 2. The summed E-state index contributed by atoms with van der Waals surface area (Å²) in [4.78, 5) is 11.5. The molecule has 1 aromatic heterocycles. The number of amides is 1. The van der Waals surface area contributed by atoms with Gasteiger partial charge in [-0.2, -0.15) is 13.2 Å². The summed E-state index contributed by atoms with van der Waals surface area (Å²) < 4.78 is 70.3. The summed E-state index contributed by atoms with van der Waals surface area (Å²) in [6.45, 7) is -0.247. The van der Waals surface area contributed by atoms with Crippen LogP contribution in [0.4, 0.5) is 19.2 Å². The van der Waals surface area contributed by atoms with Crippen LogP contribution in [0.15, 0.2) is 21.4 Å². The van der Waals surface area contributed by atoms with Crippen molar-refractivity contribution in [2.75, 3.05) is 18.2 Å². The van der Waals surface area contributed by atoms with Gasteiger partial charge in [0.25, 0.3) is 5.91 Å². The summed E-state index contributed by atoms with van der Waals surface area (Å²) in [5.41, 5.74) is -0.331. The summed E-state index contributed by atoms with van der Waals surface area (Å²) in [5.74, 6) is -1.36. The molecule has 1 N–H and O–H groups in total. The zero-order valence-electron chi connectivity index (χ0n) is 13.2. The van der Waals surface area contributed by atoms with Crippen LogP contribution in [-0.4, -0.2) is 43.6 Å². The highest BCUT2D eigenvalue weighted by Gasteiger charge is 2.31. The molecule has 1 heterocycles. The smallest absolute Gasteiger partial charge is 0.422 e. The average molecular weight is 414 g/mol. The van der Waals surface area contributed by atoms with Gasteiger partial charge < -0.3 is 9.15 Å². The zero-order valence-corrected chi connectivity index (χ0v) is 14.8. The number of hydrogen-bond donors (Lipinski definition) is 1. The Morgan fingerprint density at radius 3 is 2.50 bits per heavy atom. The number of ether oxygens (including phenoxy) is 1. The molecule has 0 unspecified atom stereocenters. The largest absolute Gasteiger partial charge is 0.483 e. The van der Waals surface area contributed by atoms with Crippen LogP contribution in [0.25, 0.3) is 0 Å². The molecule has 8 nitrogen and oxygen atoms in total. The number of carbonyl (C=O) groups excluding carboxylic acids is 1. The summed E-state index contributed by atoms with van der Waals surface area (Å²) in [7, 11) is -4.11. The van der Waals surface area contributed by atoms with Gasteiger partial charge in [-0.3, -0.25) is 10.1 Å². The van der Waals surface area contributed by atoms with Crippen LogP contribution in [0.1, 0.15) is 16.2 Å². The van der Waals surface area contributed by atoms with Crippen LogP contribution >= 0.6 is 11.6 Å². The van der Waals surface area contributed by atoms with Gasteiger partial charge >= 0.3 is 12.2 Å². The van der Waals surface area contributed by atoms with Crippen LogP contribution in [-0.2, 0) is 9.84 Å². The van der Waals surface area contributed by atoms with Crippen molar-refractivity contribution in [3.05, 3.63) is 28.6 Å². The molecule has 142 valence electrons. The van der Waals surface area contributed by atoms with Gasteiger partial charge in [0, 0.05) is 13.2 Å². The molecule has 1 amide bonds. The Bertz CT molecular complexity index is 943. The third-order valence-corrected chi connectivity index (χ3v) is 4.47. The van der Waals surface area contributed by atoms with Gasteiger partial charge in [0.2, 0.25) is 5.89 Å². The third-order valence-electron chi connectivity index (χ3n) is 2.81. The molecule has 0 spiro atoms. The van der Waals surface area contributed by atoms with Crippen molar-refractivity contribution in [1.82, 2.24) is 10.2 Å². The summed E-state index contributed by atoms with van der Waals surface area (Å²) >= 11 is 5.95. The normalized spacial score (nSPS) is 12.1. The fourth-order valence-corrected chi connectivity index (χ4v) is 3.43. The highest BCUT2D eigenvalue weighted by Crippen LogP contribution is 2.35. The molecule has 0 saturated carbocycles. The van der Waals surface area contributed by atoms with Crippen molar-refractivity contribution >= 4 is 33.4 Å². The minimum Gasteiger partial charge on any atom is -0.483 e. The van der Waals surface area contributed by atoms with E-state index in [9.17, 15) is 26.4 Å². The van der Waals surface area contributed by atoms with Gasteiger partial charge in [0.1, 0.15) is 10.6 Å². The van der Waals surface area contributed by atoms with Crippen LogP contribution in [0.5, 0.6) is 5.75 Å². The topological polar surface area (TPSA) is 111 Å². The van der Waals surface area contributed by atoms with Crippen LogP contribution in [0.2, 0.25) is 5.02 Å². The SMILES string of the molecule is Cc1nnc(NC(=O)c2ccc(OCC(F)(F)F)c(S(C)(=O)=O)c2Cl)o1. The van der Waals surface area contributed by atoms with E-state index < -0.39 is 44.2 Å². The molecule has 0 aliphatic heterocycles. The minimum absolute atomic E-state index is 0.166. The number of aryl methyl sites for hydroxylation is 1. The van der Waals surface area contributed by atoms with Crippen molar-refractivity contribution in [2.45, 2.75) is 18.0 Å². The lowest BCUT2D eigenvalue weighted by Gasteiger charge is -2.15. The van der Waals surface area contributed by atoms with Crippen LogP contribution in [0.3, 0.4) is 0 Å². The molecule has 0 atom stereocenters. The Balaban J connectivity index is 2.41. The van der Waals surface area contributed by atoms with E-state index in [4.69, 9.17) is 16.0 Å². The number of hydrogen-bond acceptors (Lipinski definition) is 7. The molecule has 0 radical (unpaired) electrons. The molecular weight excluding hydrogens is 403 g/mol. The van der Waals surface area contributed by atoms with E-state index in [0.29, 0.717) is 0 Å². The number of anilines is 1. The molecule has 26 heavy (non-hydrogen) atoms. The maximum atomic E-state index is 12.3. The van der Waals surface area contributed by atoms with E-state index in [0.717, 1.165) is 18.4 Å². The van der Waals surface area contributed by atoms with Gasteiger partial charge in [0.05, 0.1) is 10.6 Å². The van der Waals surface area contributed by atoms with Crippen molar-refractivity contribution < 1.29 is 35.5 Å². The van der Waals surface area contributed by atoms with E-state index in [1.54, 1.807) is 0 Å². The lowest BCUT2D eigenvalue weighted by atomic mass is 10.2. The predicted molar refractivity (Wildman–Crippen MR) is 83.1 cm³/mol. The van der Waals surface area contributed by atoms with Gasteiger partial charge in [-0.1, -0.05) is 16.7 Å². The van der Waals surface area contributed by atoms with E-state index in [-0.39, 0.29) is 17.5 Å². The Hall–Kier alpha value is -2.34. The Morgan fingerprint density at radius 1 is 1.35 bits per heavy atom. The third kappa shape index (κ3) is 4.85. The summed E-state index contributed by atoms with van der Waals surface area (Å²) in [6, 6.07) is 1.66. The maximum absolute atomic E-state index is 12.3. The molecule has 0 fully saturated rings. The molecule has 2 aromatic rings. The summed E-state index contributed by atoms with van der Waals surface area (Å²) in [5, 5.41) is 8.61. The van der Waals surface area contributed by atoms with Crippen molar-refractivity contribution in [2.24, 2.45) is 0 Å². The number of rotatable bonds is 5. The number of sulfone groups is 1. The molecule has 0 bridgehead atoms. The molecule has 0 saturated heterocycles. The molecule has 2 rings (SSSR count). The predicted octanol–water partition coefficient (Wildman–Crippen LogP) is 2.63. The molecule has 0 aliphatic carbocycles. The van der Waals surface area contributed by atoms with E-state index >= 15 is 0 Å². The highest BCUT2D eigenvalue weighted by molar-refractivity contribution is 7.91. The Labute approximate surface area is 150 Å². The van der Waals surface area contributed by atoms with Crippen molar-refractivity contribution in [1.29, 1.82) is 0 Å². The first-order valence-corrected chi connectivity index (χ1v) is 8.99. The second-order valence-electron chi connectivity index (χ2n) is 5.01. The van der Waals surface area contributed by atoms with Crippen LogP contribution < -0.4 is 10.1 Å². The van der Waals surface area contributed by atoms with Gasteiger partial charge in [0.15, 0.2) is 16.4 Å². The number of carbonyl (C=O) groups is 1. The molecular formula is C13H11ClF3N3O5S. The first kappa shape index (κ1) is 20.0. The number of benzene rings is 1. The van der Waals surface area contributed by atoms with E-state index in [1.807, 2.05) is 0 Å². The number of nitrogens with one attached hydrogen (secondary N) is 1. The minimum atomic E-state index is -4.69. The number of alkyl halides is 3. The van der Waals surface area contributed by atoms with Gasteiger partial charge in [-0.25, -0.2) is 8.42 Å². The standard InChI is InChI=1S/C13H11ClF3N3O5S/c1-6-19-20-12(25-6)18-11(21)7-3-4-8(24-5-13(15,16)17)10(9(7)14)26(2,22)23/h3-4H,5H2,1-2H3,(H,18,20,21). The fourth-order valence-electron chi connectivity index (χ4n) is 1.84. The van der Waals surface area contributed by atoms with Crippen LogP contribution in [0, 0.1) is 6.92 Å². The highest BCUT2D eigenvalue weighted by atomic mass is 35.5. The monoisotopic (exact) mass is 413 g/mol. The van der Waals surface area contributed by atoms with Gasteiger partial charge in [-0.05, 0) is 12.1 Å². The van der Waals surface area contributed by atoms with Gasteiger partial charge in [-0.15, -0.1) is 5.10 Å². The Kier molecular flexibility index (Phi) is 5.47. The fraction of sp³-hybridized carbons (Fsp3) is 0.308.